The number of rotatable bonds is 3. The van der Waals surface area contributed by atoms with Crippen LogP contribution in [0.2, 0.25) is 0 Å². The quantitative estimate of drug-likeness (QED) is 0.595. The van der Waals surface area contributed by atoms with Crippen LogP contribution >= 0.6 is 0 Å². The highest BCUT2D eigenvalue weighted by molar-refractivity contribution is 5.08. The molecule has 1 unspecified atom stereocenters. The monoisotopic (exact) mass is 140 g/mol. The minimum Gasteiger partial charge on any atom is -0.388 e. The van der Waals surface area contributed by atoms with Gasteiger partial charge in [0.2, 0.25) is 0 Å². The molecule has 0 bridgehead atoms. The molecule has 1 atom stereocenters. The summed E-state index contributed by atoms with van der Waals surface area (Å²) in [6.45, 7) is 13.0. The molecule has 0 rings (SSSR count). The van der Waals surface area contributed by atoms with Gasteiger partial charge in [-0.2, -0.15) is 0 Å². The molecule has 0 aliphatic rings. The van der Waals surface area contributed by atoms with E-state index < -0.39 is 6.10 Å². The molecule has 0 aliphatic carbocycles. The van der Waals surface area contributed by atoms with Crippen LogP contribution in [0.5, 0.6) is 0 Å². The zero-order valence-corrected chi connectivity index (χ0v) is 7.02. The summed E-state index contributed by atoms with van der Waals surface area (Å²) in [5.41, 5.74) is 0.524. The van der Waals surface area contributed by atoms with Crippen molar-refractivity contribution in [3.8, 4) is 0 Å². The Bertz CT molecular complexity index is 145. The molecule has 0 aliphatic heterocycles. The zero-order valence-electron chi connectivity index (χ0n) is 7.02. The van der Waals surface area contributed by atoms with E-state index in [1.165, 1.54) is 0 Å². The van der Waals surface area contributed by atoms with Crippen LogP contribution in [-0.2, 0) is 0 Å². The average Bonchev–Trinajstić information content (AvgIpc) is 1.86. The third-order valence-corrected chi connectivity index (χ3v) is 1.70. The lowest BCUT2D eigenvalue weighted by molar-refractivity contribution is 0.116. The van der Waals surface area contributed by atoms with E-state index in [0.717, 1.165) is 5.57 Å². The summed E-state index contributed by atoms with van der Waals surface area (Å²) >= 11 is 0. The average molecular weight is 140 g/mol. The predicted octanol–water partition coefficient (Wildman–Crippen LogP) is 2.14. The van der Waals surface area contributed by atoms with E-state index in [1.807, 2.05) is 20.8 Å². The summed E-state index contributed by atoms with van der Waals surface area (Å²) in [4.78, 5) is 0. The molecule has 58 valence electrons. The van der Waals surface area contributed by atoms with Crippen molar-refractivity contribution in [3.63, 3.8) is 0 Å². The second-order valence-electron chi connectivity index (χ2n) is 3.27. The van der Waals surface area contributed by atoms with Gasteiger partial charge >= 0.3 is 0 Å². The van der Waals surface area contributed by atoms with Gasteiger partial charge in [-0.25, -0.2) is 0 Å². The standard InChI is InChI=1S/C9H16O/c1-6-9(4,5)8(10)7(2)3/h6,8,10H,1-2H2,3-5H3. The summed E-state index contributed by atoms with van der Waals surface area (Å²) in [5, 5.41) is 9.48. The number of hydrogen-bond donors (Lipinski definition) is 1. The molecule has 0 radical (unpaired) electrons. The fourth-order valence-electron chi connectivity index (χ4n) is 0.747. The molecule has 1 nitrogen and oxygen atoms in total. The minimum atomic E-state index is -0.481. The molecule has 1 heteroatoms. The third kappa shape index (κ3) is 1.99. The van der Waals surface area contributed by atoms with E-state index in [9.17, 15) is 5.11 Å². The maximum absolute atomic E-state index is 9.48. The van der Waals surface area contributed by atoms with Crippen molar-refractivity contribution >= 4 is 0 Å². The van der Waals surface area contributed by atoms with Gasteiger partial charge in [-0.15, -0.1) is 6.58 Å². The Morgan fingerprint density at radius 2 is 2.00 bits per heavy atom. The Kier molecular flexibility index (Phi) is 2.85. The Labute approximate surface area is 63.1 Å². The third-order valence-electron chi connectivity index (χ3n) is 1.70. The summed E-state index contributed by atoms with van der Waals surface area (Å²) in [6, 6.07) is 0. The SMILES string of the molecule is C=CC(C)(C)C(O)C(=C)C. The highest BCUT2D eigenvalue weighted by atomic mass is 16.3. The van der Waals surface area contributed by atoms with Crippen molar-refractivity contribution in [2.24, 2.45) is 5.41 Å². The lowest BCUT2D eigenvalue weighted by Gasteiger charge is -2.26. The van der Waals surface area contributed by atoms with Gasteiger partial charge in [-0.05, 0) is 6.92 Å². The van der Waals surface area contributed by atoms with Crippen molar-refractivity contribution < 1.29 is 5.11 Å². The summed E-state index contributed by atoms with van der Waals surface area (Å²) in [7, 11) is 0. The van der Waals surface area contributed by atoms with Gasteiger partial charge in [-0.1, -0.05) is 32.1 Å². The molecule has 10 heavy (non-hydrogen) atoms. The Hall–Kier alpha value is -0.560. The summed E-state index contributed by atoms with van der Waals surface area (Å²) in [5.74, 6) is 0. The van der Waals surface area contributed by atoms with Crippen LogP contribution < -0.4 is 0 Å². The number of aliphatic hydroxyl groups excluding tert-OH is 1. The van der Waals surface area contributed by atoms with Crippen molar-refractivity contribution in [1.82, 2.24) is 0 Å². The van der Waals surface area contributed by atoms with E-state index in [-0.39, 0.29) is 5.41 Å². The highest BCUT2D eigenvalue weighted by Crippen LogP contribution is 2.25. The molecule has 0 aromatic rings. The maximum atomic E-state index is 9.48. The maximum Gasteiger partial charge on any atom is 0.0829 e. The van der Waals surface area contributed by atoms with Gasteiger partial charge in [0.25, 0.3) is 0 Å². The van der Waals surface area contributed by atoms with Crippen molar-refractivity contribution in [3.05, 3.63) is 24.8 Å². The van der Waals surface area contributed by atoms with Gasteiger partial charge in [0.1, 0.15) is 0 Å². The van der Waals surface area contributed by atoms with Crippen molar-refractivity contribution in [2.75, 3.05) is 0 Å². The lowest BCUT2D eigenvalue weighted by atomic mass is 9.84. The van der Waals surface area contributed by atoms with E-state index in [2.05, 4.69) is 13.2 Å². The van der Waals surface area contributed by atoms with Crippen LogP contribution in [-0.4, -0.2) is 11.2 Å². The van der Waals surface area contributed by atoms with E-state index >= 15 is 0 Å². The van der Waals surface area contributed by atoms with Crippen molar-refractivity contribution in [2.45, 2.75) is 26.9 Å². The second kappa shape index (κ2) is 3.02. The first-order chi connectivity index (χ1) is 4.41. The second-order valence-corrected chi connectivity index (χ2v) is 3.27. The molecular weight excluding hydrogens is 124 g/mol. The normalized spacial score (nSPS) is 14.4. The number of hydrogen-bond acceptors (Lipinski definition) is 1. The molecule has 1 N–H and O–H groups in total. The predicted molar refractivity (Wildman–Crippen MR) is 44.8 cm³/mol. The zero-order chi connectivity index (χ0) is 8.36. The van der Waals surface area contributed by atoms with Crippen molar-refractivity contribution in [1.29, 1.82) is 0 Å². The van der Waals surface area contributed by atoms with Gasteiger partial charge in [0, 0.05) is 5.41 Å². The Balaban J connectivity index is 4.31. The summed E-state index contributed by atoms with van der Waals surface area (Å²) < 4.78 is 0. The Morgan fingerprint density at radius 1 is 1.60 bits per heavy atom. The van der Waals surface area contributed by atoms with Crippen LogP contribution in [0.4, 0.5) is 0 Å². The smallest absolute Gasteiger partial charge is 0.0829 e. The molecular formula is C9H16O. The van der Waals surface area contributed by atoms with Crippen LogP contribution in [0.3, 0.4) is 0 Å². The molecule has 0 saturated carbocycles. The van der Waals surface area contributed by atoms with Crippen LogP contribution in [0.1, 0.15) is 20.8 Å². The molecule has 0 heterocycles. The van der Waals surface area contributed by atoms with Gasteiger partial charge in [-0.3, -0.25) is 0 Å². The molecule has 0 aromatic heterocycles. The Morgan fingerprint density at radius 3 is 2.10 bits per heavy atom. The van der Waals surface area contributed by atoms with Gasteiger partial charge in [0.05, 0.1) is 6.10 Å². The fraction of sp³-hybridized carbons (Fsp3) is 0.556. The first kappa shape index (κ1) is 9.44. The summed E-state index contributed by atoms with van der Waals surface area (Å²) in [6.07, 6.45) is 1.26. The lowest BCUT2D eigenvalue weighted by Crippen LogP contribution is -2.27. The van der Waals surface area contributed by atoms with Gasteiger partial charge in [0.15, 0.2) is 0 Å². The largest absolute Gasteiger partial charge is 0.388 e. The molecule has 0 amide bonds. The van der Waals surface area contributed by atoms with Crippen LogP contribution in [0, 0.1) is 5.41 Å². The first-order valence-electron chi connectivity index (χ1n) is 3.39. The molecule has 0 fully saturated rings. The van der Waals surface area contributed by atoms with Gasteiger partial charge < -0.3 is 5.11 Å². The van der Waals surface area contributed by atoms with Crippen LogP contribution in [0.15, 0.2) is 24.8 Å². The minimum absolute atomic E-state index is 0.258. The van der Waals surface area contributed by atoms with E-state index in [0.29, 0.717) is 0 Å². The molecule has 0 aromatic carbocycles. The highest BCUT2D eigenvalue weighted by Gasteiger charge is 2.24. The number of aliphatic hydroxyl groups is 1. The fourth-order valence-corrected chi connectivity index (χ4v) is 0.747. The molecule has 0 saturated heterocycles. The van der Waals surface area contributed by atoms with E-state index in [1.54, 1.807) is 6.08 Å². The van der Waals surface area contributed by atoms with E-state index in [4.69, 9.17) is 0 Å². The van der Waals surface area contributed by atoms with Crippen LogP contribution in [0.25, 0.3) is 0 Å². The molecule has 0 spiro atoms. The first-order valence-corrected chi connectivity index (χ1v) is 3.39. The topological polar surface area (TPSA) is 20.2 Å².